The van der Waals surface area contributed by atoms with Crippen LogP contribution < -0.4 is 5.32 Å². The van der Waals surface area contributed by atoms with E-state index < -0.39 is 0 Å². The van der Waals surface area contributed by atoms with Crippen molar-refractivity contribution in [3.05, 3.63) is 24.3 Å². The highest BCUT2D eigenvalue weighted by atomic mass is 32.2. The maximum absolute atomic E-state index is 9.04. The summed E-state index contributed by atoms with van der Waals surface area (Å²) < 4.78 is 5.60. The number of nitrogens with zero attached hydrogens (tertiary/aromatic N) is 2. The van der Waals surface area contributed by atoms with E-state index in [2.05, 4.69) is 16.4 Å². The fourth-order valence-electron chi connectivity index (χ4n) is 1.72. The van der Waals surface area contributed by atoms with Crippen LogP contribution in [-0.2, 0) is 0 Å². The van der Waals surface area contributed by atoms with Crippen molar-refractivity contribution in [1.29, 1.82) is 5.26 Å². The van der Waals surface area contributed by atoms with E-state index in [9.17, 15) is 0 Å². The van der Waals surface area contributed by atoms with Crippen molar-refractivity contribution in [3.8, 4) is 6.07 Å². The average Bonchev–Trinajstić information content (AvgIpc) is 3.11. The van der Waals surface area contributed by atoms with Crippen molar-refractivity contribution >= 4 is 22.9 Å². The Labute approximate surface area is 109 Å². The lowest BCUT2D eigenvalue weighted by atomic mass is 10.3. The van der Waals surface area contributed by atoms with Gasteiger partial charge in [-0.15, -0.1) is 0 Å². The quantitative estimate of drug-likeness (QED) is 0.836. The number of hydrogen-bond acceptors (Lipinski definition) is 5. The van der Waals surface area contributed by atoms with Crippen molar-refractivity contribution in [2.24, 2.45) is 0 Å². The summed E-state index contributed by atoms with van der Waals surface area (Å²) >= 11 is 1.49. The minimum absolute atomic E-state index is 0.127. The molecule has 1 N–H and O–H groups in total. The van der Waals surface area contributed by atoms with Crippen LogP contribution in [0.25, 0.3) is 11.1 Å². The number of oxazole rings is 1. The van der Waals surface area contributed by atoms with Gasteiger partial charge in [0.25, 0.3) is 5.22 Å². The fourth-order valence-corrected chi connectivity index (χ4v) is 2.52. The minimum Gasteiger partial charge on any atom is -0.431 e. The van der Waals surface area contributed by atoms with Crippen LogP contribution in [0.4, 0.5) is 0 Å². The normalized spacial score (nSPS) is 16.6. The Balaban J connectivity index is 1.63. The van der Waals surface area contributed by atoms with Crippen LogP contribution in [0.1, 0.15) is 12.8 Å². The average molecular weight is 259 g/mol. The van der Waals surface area contributed by atoms with Crippen LogP contribution in [-0.4, -0.2) is 22.8 Å². The van der Waals surface area contributed by atoms with Gasteiger partial charge in [0, 0.05) is 11.8 Å². The number of nitrogens with one attached hydrogen (secondary N) is 1. The Morgan fingerprint density at radius 2 is 2.33 bits per heavy atom. The number of aromatic nitrogens is 1. The van der Waals surface area contributed by atoms with E-state index in [4.69, 9.17) is 9.68 Å². The molecule has 5 heteroatoms. The second-order valence-electron chi connectivity index (χ2n) is 4.38. The molecule has 1 unspecified atom stereocenters. The van der Waals surface area contributed by atoms with Crippen molar-refractivity contribution in [3.63, 3.8) is 0 Å². The summed E-state index contributed by atoms with van der Waals surface area (Å²) in [4.78, 5) is 4.37. The standard InChI is InChI=1S/C13H13N3OS/c14-7-10(15-9-5-6-9)8-18-13-16-11-3-1-2-4-12(11)17-13/h1-4,9-10,15H,5-6,8H2. The number of hydrogen-bond donors (Lipinski definition) is 1. The van der Waals surface area contributed by atoms with Gasteiger partial charge >= 0.3 is 0 Å². The van der Waals surface area contributed by atoms with Crippen LogP contribution in [0.5, 0.6) is 0 Å². The van der Waals surface area contributed by atoms with Gasteiger partial charge in [0.15, 0.2) is 5.58 Å². The Bertz CT molecular complexity index is 552. The predicted octanol–water partition coefficient (Wildman–Crippen LogP) is 2.56. The minimum atomic E-state index is -0.127. The van der Waals surface area contributed by atoms with Crippen molar-refractivity contribution < 1.29 is 4.42 Å². The van der Waals surface area contributed by atoms with Gasteiger partial charge in [-0.05, 0) is 25.0 Å². The second kappa shape index (κ2) is 5.01. The van der Waals surface area contributed by atoms with Gasteiger partial charge < -0.3 is 4.42 Å². The van der Waals surface area contributed by atoms with Gasteiger partial charge in [-0.2, -0.15) is 5.26 Å². The van der Waals surface area contributed by atoms with Gasteiger partial charge in [-0.3, -0.25) is 5.32 Å². The highest BCUT2D eigenvalue weighted by molar-refractivity contribution is 7.99. The monoisotopic (exact) mass is 259 g/mol. The van der Waals surface area contributed by atoms with Gasteiger partial charge in [-0.1, -0.05) is 23.9 Å². The van der Waals surface area contributed by atoms with Crippen LogP contribution in [0.2, 0.25) is 0 Å². The third-order valence-electron chi connectivity index (χ3n) is 2.82. The van der Waals surface area contributed by atoms with E-state index in [1.54, 1.807) is 0 Å². The van der Waals surface area contributed by atoms with E-state index in [-0.39, 0.29) is 6.04 Å². The van der Waals surface area contributed by atoms with Gasteiger partial charge in [0.1, 0.15) is 11.6 Å². The highest BCUT2D eigenvalue weighted by Crippen LogP contribution is 2.25. The lowest BCUT2D eigenvalue weighted by Gasteiger charge is -2.07. The Kier molecular flexibility index (Phi) is 3.22. The van der Waals surface area contributed by atoms with Crippen molar-refractivity contribution in [2.45, 2.75) is 30.1 Å². The molecule has 1 saturated carbocycles. The topological polar surface area (TPSA) is 61.9 Å². The predicted molar refractivity (Wildman–Crippen MR) is 70.3 cm³/mol. The summed E-state index contributed by atoms with van der Waals surface area (Å²) in [5, 5.41) is 13.0. The molecule has 1 aromatic carbocycles. The third-order valence-corrected chi connectivity index (χ3v) is 3.74. The Morgan fingerprint density at radius 1 is 1.50 bits per heavy atom. The molecular formula is C13H13N3OS. The summed E-state index contributed by atoms with van der Waals surface area (Å²) in [6.07, 6.45) is 2.37. The molecule has 4 nitrogen and oxygen atoms in total. The number of rotatable bonds is 5. The molecule has 0 radical (unpaired) electrons. The molecule has 0 amide bonds. The molecule has 1 heterocycles. The van der Waals surface area contributed by atoms with E-state index >= 15 is 0 Å². The van der Waals surface area contributed by atoms with Gasteiger partial charge in [-0.25, -0.2) is 4.98 Å². The molecule has 18 heavy (non-hydrogen) atoms. The molecule has 1 aromatic heterocycles. The highest BCUT2D eigenvalue weighted by Gasteiger charge is 2.24. The molecule has 1 aliphatic carbocycles. The third kappa shape index (κ3) is 2.66. The largest absolute Gasteiger partial charge is 0.431 e. The molecule has 1 atom stereocenters. The van der Waals surface area contributed by atoms with E-state index in [0.717, 1.165) is 11.1 Å². The van der Waals surface area contributed by atoms with Gasteiger partial charge in [0.05, 0.1) is 6.07 Å². The first-order valence-corrected chi connectivity index (χ1v) is 6.98. The van der Waals surface area contributed by atoms with E-state index in [1.807, 2.05) is 24.3 Å². The van der Waals surface area contributed by atoms with Gasteiger partial charge in [0.2, 0.25) is 0 Å². The number of fused-ring (bicyclic) bond motifs is 1. The summed E-state index contributed by atoms with van der Waals surface area (Å²) in [7, 11) is 0. The Hall–Kier alpha value is -1.51. The molecular weight excluding hydrogens is 246 g/mol. The summed E-state index contributed by atoms with van der Waals surface area (Å²) in [6.45, 7) is 0. The molecule has 0 bridgehead atoms. The molecule has 3 rings (SSSR count). The summed E-state index contributed by atoms with van der Waals surface area (Å²) in [5.74, 6) is 0.666. The SMILES string of the molecule is N#CC(CSc1nc2ccccc2o1)NC1CC1. The number of thioether (sulfide) groups is 1. The molecule has 92 valence electrons. The number of nitriles is 1. The first-order valence-electron chi connectivity index (χ1n) is 5.99. The van der Waals surface area contributed by atoms with Crippen molar-refractivity contribution in [2.75, 3.05) is 5.75 Å². The van der Waals surface area contributed by atoms with E-state index in [0.29, 0.717) is 17.0 Å². The molecule has 1 aliphatic rings. The zero-order chi connectivity index (χ0) is 12.4. The van der Waals surface area contributed by atoms with Crippen LogP contribution in [0, 0.1) is 11.3 Å². The van der Waals surface area contributed by atoms with Crippen LogP contribution in [0.3, 0.4) is 0 Å². The summed E-state index contributed by atoms with van der Waals surface area (Å²) in [5.41, 5.74) is 1.66. The molecule has 0 spiro atoms. The summed E-state index contributed by atoms with van der Waals surface area (Å²) in [6, 6.07) is 10.4. The van der Waals surface area contributed by atoms with Crippen LogP contribution in [0.15, 0.2) is 33.9 Å². The zero-order valence-corrected chi connectivity index (χ0v) is 10.6. The molecule has 2 aromatic rings. The van der Waals surface area contributed by atoms with Crippen molar-refractivity contribution in [1.82, 2.24) is 10.3 Å². The Morgan fingerprint density at radius 3 is 3.06 bits per heavy atom. The second-order valence-corrected chi connectivity index (χ2v) is 5.35. The lowest BCUT2D eigenvalue weighted by molar-refractivity contribution is 0.488. The molecule has 0 aliphatic heterocycles. The molecule has 0 saturated heterocycles. The first kappa shape index (κ1) is 11.6. The maximum Gasteiger partial charge on any atom is 0.256 e. The number of benzene rings is 1. The molecule has 1 fully saturated rings. The van der Waals surface area contributed by atoms with E-state index in [1.165, 1.54) is 24.6 Å². The maximum atomic E-state index is 9.04. The zero-order valence-electron chi connectivity index (χ0n) is 9.80. The lowest BCUT2D eigenvalue weighted by Crippen LogP contribution is -2.31. The van der Waals surface area contributed by atoms with Crippen LogP contribution >= 0.6 is 11.8 Å². The fraction of sp³-hybridized carbons (Fsp3) is 0.385. The smallest absolute Gasteiger partial charge is 0.256 e. The number of para-hydroxylation sites is 2. The first-order chi connectivity index (χ1) is 8.85.